The maximum Gasteiger partial charge on any atom is 0.331 e. The molecule has 1 aliphatic rings. The first-order chi connectivity index (χ1) is 8.01. The van der Waals surface area contributed by atoms with Gasteiger partial charge in [-0.25, -0.2) is 4.79 Å². The number of methoxy groups -OCH3 is 1. The van der Waals surface area contributed by atoms with Gasteiger partial charge < -0.3 is 34.6 Å². The van der Waals surface area contributed by atoms with Crippen LogP contribution in [0.1, 0.15) is 0 Å². The third kappa shape index (κ3) is 3.35. The zero-order valence-corrected chi connectivity index (χ0v) is 9.22. The van der Waals surface area contributed by atoms with E-state index in [9.17, 15) is 20.1 Å². The average Bonchev–Trinajstić information content (AvgIpc) is 2.34. The van der Waals surface area contributed by atoms with Gasteiger partial charge in [-0.2, -0.15) is 0 Å². The number of hydrogen-bond acceptors (Lipinski definition) is 8. The summed E-state index contributed by atoms with van der Waals surface area (Å²) >= 11 is 0. The lowest BCUT2D eigenvalue weighted by Gasteiger charge is -2.39. The molecule has 4 N–H and O–H groups in total. The Labute approximate surface area is 97.3 Å². The second-order valence-corrected chi connectivity index (χ2v) is 3.58. The van der Waals surface area contributed by atoms with Crippen LogP contribution in [0.5, 0.6) is 0 Å². The highest BCUT2D eigenvalue weighted by Crippen LogP contribution is 2.21. The van der Waals surface area contributed by atoms with Gasteiger partial charge in [0.05, 0.1) is 13.7 Å². The Bertz CT molecular complexity index is 255. The fourth-order valence-electron chi connectivity index (χ4n) is 1.41. The minimum Gasteiger partial charge on any atom is -0.467 e. The van der Waals surface area contributed by atoms with Crippen LogP contribution >= 0.6 is 0 Å². The Kier molecular flexibility index (Phi) is 5.25. The lowest BCUT2D eigenvalue weighted by molar-refractivity contribution is -0.300. The molecule has 1 saturated heterocycles. The molecule has 1 rings (SSSR count). The standard InChI is InChI=1S/C9H16O8/c1-15-5(11)3-16-9-8(14)7(13)6(12)4(2-10)17-9/h4,6-10,12-14H,2-3H2,1H3/t4-,6-,7+,8-,9?/m1/s1. The molecule has 0 bridgehead atoms. The summed E-state index contributed by atoms with van der Waals surface area (Å²) in [5.74, 6) is -0.679. The smallest absolute Gasteiger partial charge is 0.331 e. The number of carbonyl (C=O) groups excluding carboxylic acids is 1. The molecule has 17 heavy (non-hydrogen) atoms. The molecule has 1 heterocycles. The van der Waals surface area contributed by atoms with Gasteiger partial charge in [-0.1, -0.05) is 0 Å². The molecule has 100 valence electrons. The predicted molar refractivity (Wildman–Crippen MR) is 51.7 cm³/mol. The first-order valence-electron chi connectivity index (χ1n) is 5.00. The Morgan fingerprint density at radius 3 is 2.41 bits per heavy atom. The quantitative estimate of drug-likeness (QED) is 0.389. The summed E-state index contributed by atoms with van der Waals surface area (Å²) in [6.45, 7) is -1.03. The summed E-state index contributed by atoms with van der Waals surface area (Å²) in [7, 11) is 1.17. The van der Waals surface area contributed by atoms with E-state index < -0.39 is 49.9 Å². The summed E-state index contributed by atoms with van der Waals surface area (Å²) in [5, 5.41) is 37.3. The van der Waals surface area contributed by atoms with Crippen molar-refractivity contribution < 1.29 is 39.4 Å². The van der Waals surface area contributed by atoms with Gasteiger partial charge in [0, 0.05) is 0 Å². The van der Waals surface area contributed by atoms with Crippen molar-refractivity contribution in [1.29, 1.82) is 0 Å². The largest absolute Gasteiger partial charge is 0.467 e. The highest BCUT2D eigenvalue weighted by molar-refractivity contribution is 5.70. The molecule has 0 aromatic rings. The molecule has 8 nitrogen and oxygen atoms in total. The Morgan fingerprint density at radius 1 is 1.24 bits per heavy atom. The van der Waals surface area contributed by atoms with E-state index in [0.717, 1.165) is 0 Å². The minimum absolute atomic E-state index is 0.473. The van der Waals surface area contributed by atoms with Crippen LogP contribution in [-0.2, 0) is 19.0 Å². The summed E-state index contributed by atoms with van der Waals surface area (Å²) in [6.07, 6.45) is -6.87. The van der Waals surface area contributed by atoms with Crippen LogP contribution in [0.25, 0.3) is 0 Å². The molecule has 0 aromatic heterocycles. The van der Waals surface area contributed by atoms with Crippen molar-refractivity contribution in [3.63, 3.8) is 0 Å². The second-order valence-electron chi connectivity index (χ2n) is 3.58. The zero-order valence-electron chi connectivity index (χ0n) is 9.22. The van der Waals surface area contributed by atoms with E-state index in [1.165, 1.54) is 7.11 Å². The topological polar surface area (TPSA) is 126 Å². The minimum atomic E-state index is -1.52. The van der Waals surface area contributed by atoms with E-state index >= 15 is 0 Å². The monoisotopic (exact) mass is 252 g/mol. The first-order valence-corrected chi connectivity index (χ1v) is 5.00. The lowest BCUT2D eigenvalue weighted by Crippen LogP contribution is -2.59. The molecule has 0 aromatic carbocycles. The number of aliphatic hydroxyl groups excluding tert-OH is 4. The van der Waals surface area contributed by atoms with Crippen molar-refractivity contribution in [3.05, 3.63) is 0 Å². The molecule has 8 heteroatoms. The molecule has 5 atom stereocenters. The van der Waals surface area contributed by atoms with Gasteiger partial charge in [-0.15, -0.1) is 0 Å². The third-order valence-corrected chi connectivity index (χ3v) is 2.44. The molecule has 0 saturated carbocycles. The second kappa shape index (κ2) is 6.24. The fraction of sp³-hybridized carbons (Fsp3) is 0.889. The normalized spacial score (nSPS) is 37.8. The van der Waals surface area contributed by atoms with Crippen LogP contribution in [0.2, 0.25) is 0 Å². The number of hydrogen-bond donors (Lipinski definition) is 4. The average molecular weight is 252 g/mol. The van der Waals surface area contributed by atoms with Crippen molar-refractivity contribution in [3.8, 4) is 0 Å². The van der Waals surface area contributed by atoms with E-state index in [0.29, 0.717) is 0 Å². The van der Waals surface area contributed by atoms with Crippen molar-refractivity contribution in [1.82, 2.24) is 0 Å². The van der Waals surface area contributed by atoms with Crippen LogP contribution < -0.4 is 0 Å². The molecule has 0 amide bonds. The van der Waals surface area contributed by atoms with Crippen LogP contribution in [0.4, 0.5) is 0 Å². The summed E-state index contributed by atoms with van der Waals surface area (Å²) in [4.78, 5) is 10.8. The van der Waals surface area contributed by atoms with E-state index in [1.54, 1.807) is 0 Å². The molecule has 0 spiro atoms. The van der Waals surface area contributed by atoms with Crippen molar-refractivity contribution in [2.45, 2.75) is 30.7 Å². The van der Waals surface area contributed by atoms with Crippen molar-refractivity contribution >= 4 is 5.97 Å². The molecule has 0 radical (unpaired) electrons. The Hall–Kier alpha value is -0.770. The fourth-order valence-corrected chi connectivity index (χ4v) is 1.41. The molecular formula is C9H16O8. The SMILES string of the molecule is COC(=O)COC1O[C@H](CO)[C@@H](O)[C@H](O)[C@H]1O. The maximum atomic E-state index is 10.8. The van der Waals surface area contributed by atoms with Gasteiger partial charge in [0.25, 0.3) is 0 Å². The summed E-state index contributed by atoms with van der Waals surface area (Å²) in [5.41, 5.74) is 0. The first kappa shape index (κ1) is 14.3. The number of carbonyl (C=O) groups is 1. The molecule has 1 aliphatic heterocycles. The lowest BCUT2D eigenvalue weighted by atomic mass is 9.99. The highest BCUT2D eigenvalue weighted by Gasteiger charge is 2.44. The Balaban J connectivity index is 2.56. The van der Waals surface area contributed by atoms with Gasteiger partial charge in [-0.05, 0) is 0 Å². The van der Waals surface area contributed by atoms with Crippen molar-refractivity contribution in [2.24, 2.45) is 0 Å². The Morgan fingerprint density at radius 2 is 1.88 bits per heavy atom. The van der Waals surface area contributed by atoms with E-state index in [-0.39, 0.29) is 0 Å². The van der Waals surface area contributed by atoms with Gasteiger partial charge >= 0.3 is 5.97 Å². The van der Waals surface area contributed by atoms with Crippen LogP contribution in [0.3, 0.4) is 0 Å². The van der Waals surface area contributed by atoms with Gasteiger partial charge in [-0.3, -0.25) is 0 Å². The van der Waals surface area contributed by atoms with Gasteiger partial charge in [0.2, 0.25) is 0 Å². The highest BCUT2D eigenvalue weighted by atomic mass is 16.7. The number of ether oxygens (including phenoxy) is 3. The van der Waals surface area contributed by atoms with E-state index in [1.807, 2.05) is 0 Å². The molecule has 1 unspecified atom stereocenters. The summed E-state index contributed by atoms with van der Waals surface area (Å²) in [6, 6.07) is 0. The molecule has 1 fully saturated rings. The maximum absolute atomic E-state index is 10.8. The molecule has 0 aliphatic carbocycles. The number of aliphatic hydroxyl groups is 4. The van der Waals surface area contributed by atoms with Crippen LogP contribution in [0.15, 0.2) is 0 Å². The summed E-state index contributed by atoms with van der Waals surface area (Å²) < 4.78 is 14.2. The van der Waals surface area contributed by atoms with Crippen LogP contribution in [0, 0.1) is 0 Å². The van der Waals surface area contributed by atoms with Gasteiger partial charge in [0.1, 0.15) is 31.0 Å². The predicted octanol–water partition coefficient (Wildman–Crippen LogP) is -3.02. The number of rotatable bonds is 4. The van der Waals surface area contributed by atoms with Gasteiger partial charge in [0.15, 0.2) is 6.29 Å². The van der Waals surface area contributed by atoms with E-state index in [2.05, 4.69) is 4.74 Å². The third-order valence-electron chi connectivity index (χ3n) is 2.44. The molecular weight excluding hydrogens is 236 g/mol. The van der Waals surface area contributed by atoms with Crippen molar-refractivity contribution in [2.75, 3.05) is 20.3 Å². The van der Waals surface area contributed by atoms with E-state index in [4.69, 9.17) is 14.6 Å². The zero-order chi connectivity index (χ0) is 13.0. The number of esters is 1. The van der Waals surface area contributed by atoms with Crippen LogP contribution in [-0.4, -0.2) is 77.4 Å².